The highest BCUT2D eigenvalue weighted by atomic mass is 35.5. The van der Waals surface area contributed by atoms with E-state index in [0.29, 0.717) is 16.4 Å². The van der Waals surface area contributed by atoms with Gasteiger partial charge in [-0.1, -0.05) is 23.7 Å². The Balaban J connectivity index is 2.42. The van der Waals surface area contributed by atoms with Crippen molar-refractivity contribution >= 4 is 28.2 Å². The van der Waals surface area contributed by atoms with Crippen LogP contribution in [0.4, 0.5) is 5.69 Å². The lowest BCUT2D eigenvalue weighted by molar-refractivity contribution is 1.10. The molecule has 0 aliphatic carbocycles. The second-order valence-corrected chi connectivity index (χ2v) is 4.11. The van der Waals surface area contributed by atoms with Crippen molar-refractivity contribution in [3.8, 4) is 11.3 Å². The Bertz CT molecular complexity index is 690. The van der Waals surface area contributed by atoms with E-state index in [-0.39, 0.29) is 0 Å². The highest BCUT2D eigenvalue weighted by Crippen LogP contribution is 2.35. The Morgan fingerprint density at radius 3 is 2.88 bits per heavy atom. The largest absolute Gasteiger partial charge is 0.396 e. The number of nitrogens with two attached hydrogens (primary N) is 1. The van der Waals surface area contributed by atoms with Crippen LogP contribution in [-0.2, 0) is 0 Å². The van der Waals surface area contributed by atoms with Crippen molar-refractivity contribution < 1.29 is 0 Å². The zero-order chi connectivity index (χ0) is 11.8. The molecule has 0 spiro atoms. The Morgan fingerprint density at radius 2 is 2.12 bits per heavy atom. The van der Waals surface area contributed by atoms with Crippen molar-refractivity contribution in [2.45, 2.75) is 0 Å². The molecule has 0 unspecified atom stereocenters. The molecule has 0 saturated carbocycles. The Labute approximate surface area is 102 Å². The Kier molecular flexibility index (Phi) is 2.23. The number of H-pyrrole nitrogens is 1. The van der Waals surface area contributed by atoms with Gasteiger partial charge < -0.3 is 5.73 Å². The molecule has 2 heterocycles. The zero-order valence-corrected chi connectivity index (χ0v) is 9.57. The SMILES string of the molecule is Nc1cn[nH]c1-c1c(Cl)ccc2cccnc12. The van der Waals surface area contributed by atoms with E-state index in [0.717, 1.165) is 16.5 Å². The van der Waals surface area contributed by atoms with Crippen LogP contribution in [0, 0.1) is 0 Å². The molecule has 84 valence electrons. The summed E-state index contributed by atoms with van der Waals surface area (Å²) in [6, 6.07) is 7.63. The summed E-state index contributed by atoms with van der Waals surface area (Å²) in [4.78, 5) is 4.35. The van der Waals surface area contributed by atoms with Crippen LogP contribution >= 0.6 is 11.6 Å². The van der Waals surface area contributed by atoms with Gasteiger partial charge in [-0.2, -0.15) is 5.10 Å². The third-order valence-corrected chi connectivity index (χ3v) is 2.96. The number of nitrogen functional groups attached to an aromatic ring is 1. The van der Waals surface area contributed by atoms with Crippen LogP contribution in [0.3, 0.4) is 0 Å². The van der Waals surface area contributed by atoms with Gasteiger partial charge in [0, 0.05) is 17.1 Å². The maximum Gasteiger partial charge on any atom is 0.0916 e. The lowest BCUT2D eigenvalue weighted by atomic mass is 10.1. The minimum absolute atomic E-state index is 0.560. The smallest absolute Gasteiger partial charge is 0.0916 e. The fourth-order valence-electron chi connectivity index (χ4n) is 1.85. The molecule has 2 aromatic heterocycles. The number of halogens is 1. The van der Waals surface area contributed by atoms with Gasteiger partial charge in [-0.3, -0.25) is 10.1 Å². The minimum atomic E-state index is 0.560. The summed E-state index contributed by atoms with van der Waals surface area (Å²) in [5, 5.41) is 8.38. The van der Waals surface area contributed by atoms with E-state index in [1.165, 1.54) is 0 Å². The monoisotopic (exact) mass is 244 g/mol. The molecule has 0 bridgehead atoms. The van der Waals surface area contributed by atoms with Gasteiger partial charge in [-0.05, 0) is 12.1 Å². The highest BCUT2D eigenvalue weighted by molar-refractivity contribution is 6.35. The van der Waals surface area contributed by atoms with Crippen molar-refractivity contribution in [2.24, 2.45) is 0 Å². The third-order valence-electron chi connectivity index (χ3n) is 2.64. The number of rotatable bonds is 1. The molecule has 0 amide bonds. The summed E-state index contributed by atoms with van der Waals surface area (Å²) in [5.74, 6) is 0. The van der Waals surface area contributed by atoms with Gasteiger partial charge in [-0.15, -0.1) is 0 Å². The third kappa shape index (κ3) is 1.54. The molecule has 3 rings (SSSR count). The fraction of sp³-hybridized carbons (Fsp3) is 0. The number of nitrogens with zero attached hydrogens (tertiary/aromatic N) is 2. The van der Waals surface area contributed by atoms with Gasteiger partial charge in [0.15, 0.2) is 0 Å². The summed E-state index contributed by atoms with van der Waals surface area (Å²) in [6.07, 6.45) is 3.29. The lowest BCUT2D eigenvalue weighted by Gasteiger charge is -2.06. The number of fused-ring (bicyclic) bond motifs is 1. The van der Waals surface area contributed by atoms with E-state index in [9.17, 15) is 0 Å². The number of hydrogen-bond acceptors (Lipinski definition) is 3. The first-order valence-electron chi connectivity index (χ1n) is 5.10. The number of aromatic amines is 1. The second-order valence-electron chi connectivity index (χ2n) is 3.70. The maximum absolute atomic E-state index is 6.22. The minimum Gasteiger partial charge on any atom is -0.396 e. The Morgan fingerprint density at radius 1 is 1.24 bits per heavy atom. The molecule has 4 nitrogen and oxygen atoms in total. The van der Waals surface area contributed by atoms with Gasteiger partial charge in [0.2, 0.25) is 0 Å². The number of pyridine rings is 1. The van der Waals surface area contributed by atoms with E-state index in [1.807, 2.05) is 24.3 Å². The normalized spacial score (nSPS) is 10.9. The van der Waals surface area contributed by atoms with E-state index in [4.69, 9.17) is 17.3 Å². The first-order valence-corrected chi connectivity index (χ1v) is 5.47. The first kappa shape index (κ1) is 10.1. The van der Waals surface area contributed by atoms with Crippen molar-refractivity contribution in [2.75, 3.05) is 5.73 Å². The summed E-state index contributed by atoms with van der Waals surface area (Å²) in [7, 11) is 0. The van der Waals surface area contributed by atoms with Crippen molar-refractivity contribution in [3.05, 3.63) is 41.7 Å². The molecule has 0 fully saturated rings. The van der Waals surface area contributed by atoms with Crippen LogP contribution in [-0.4, -0.2) is 15.2 Å². The van der Waals surface area contributed by atoms with Gasteiger partial charge in [-0.25, -0.2) is 0 Å². The molecule has 0 radical (unpaired) electrons. The van der Waals surface area contributed by atoms with Crippen LogP contribution in [0.5, 0.6) is 0 Å². The summed E-state index contributed by atoms with van der Waals surface area (Å²) in [6.45, 7) is 0. The summed E-state index contributed by atoms with van der Waals surface area (Å²) < 4.78 is 0. The molecule has 17 heavy (non-hydrogen) atoms. The van der Waals surface area contributed by atoms with Crippen LogP contribution in [0.1, 0.15) is 0 Å². The summed E-state index contributed by atoms with van der Waals surface area (Å²) in [5.41, 5.74) is 8.73. The first-order chi connectivity index (χ1) is 8.27. The molecule has 0 aliphatic heterocycles. The van der Waals surface area contributed by atoms with E-state index in [1.54, 1.807) is 12.4 Å². The van der Waals surface area contributed by atoms with Crippen LogP contribution in [0.2, 0.25) is 5.02 Å². The molecule has 5 heteroatoms. The van der Waals surface area contributed by atoms with E-state index in [2.05, 4.69) is 15.2 Å². The van der Waals surface area contributed by atoms with Crippen LogP contribution < -0.4 is 5.73 Å². The topological polar surface area (TPSA) is 67.6 Å². The van der Waals surface area contributed by atoms with Crippen LogP contribution in [0.15, 0.2) is 36.7 Å². The number of nitrogens with one attached hydrogen (secondary N) is 1. The van der Waals surface area contributed by atoms with Gasteiger partial charge in [0.1, 0.15) is 0 Å². The quantitative estimate of drug-likeness (QED) is 0.692. The van der Waals surface area contributed by atoms with E-state index < -0.39 is 0 Å². The average molecular weight is 245 g/mol. The molecule has 1 aromatic carbocycles. The van der Waals surface area contributed by atoms with Gasteiger partial charge in [0.05, 0.1) is 28.1 Å². The van der Waals surface area contributed by atoms with Crippen molar-refractivity contribution in [1.82, 2.24) is 15.2 Å². The van der Waals surface area contributed by atoms with Gasteiger partial charge in [0.25, 0.3) is 0 Å². The molecule has 3 aromatic rings. The zero-order valence-electron chi connectivity index (χ0n) is 8.81. The number of aromatic nitrogens is 3. The highest BCUT2D eigenvalue weighted by Gasteiger charge is 2.13. The van der Waals surface area contributed by atoms with E-state index >= 15 is 0 Å². The van der Waals surface area contributed by atoms with Crippen molar-refractivity contribution in [3.63, 3.8) is 0 Å². The predicted molar refractivity (Wildman–Crippen MR) is 68.7 cm³/mol. The lowest BCUT2D eigenvalue weighted by Crippen LogP contribution is -1.91. The molecule has 0 aliphatic rings. The molecule has 0 atom stereocenters. The fourth-order valence-corrected chi connectivity index (χ4v) is 2.10. The predicted octanol–water partition coefficient (Wildman–Crippen LogP) is 2.86. The number of hydrogen-bond donors (Lipinski definition) is 2. The maximum atomic E-state index is 6.22. The molecular formula is C12H9ClN4. The van der Waals surface area contributed by atoms with Crippen LogP contribution in [0.25, 0.3) is 22.2 Å². The van der Waals surface area contributed by atoms with Crippen molar-refractivity contribution in [1.29, 1.82) is 0 Å². The molecule has 3 N–H and O–H groups in total. The van der Waals surface area contributed by atoms with Gasteiger partial charge >= 0.3 is 0 Å². The Hall–Kier alpha value is -2.07. The average Bonchev–Trinajstić information content (AvgIpc) is 2.75. The summed E-state index contributed by atoms with van der Waals surface area (Å²) >= 11 is 6.22. The molecular weight excluding hydrogens is 236 g/mol. The second kappa shape index (κ2) is 3.75. The number of benzene rings is 1. The number of anilines is 1. The molecule has 0 saturated heterocycles. The standard InChI is InChI=1S/C12H9ClN4/c13-8-4-3-7-2-1-5-15-11(7)10(8)12-9(14)6-16-17-12/h1-6H,14H2,(H,16,17).